The van der Waals surface area contributed by atoms with Gasteiger partial charge in [0.15, 0.2) is 17.2 Å². The fraction of sp³-hybridized carbons (Fsp3) is 0.176. The number of halogens is 2. The lowest BCUT2D eigenvalue weighted by Crippen LogP contribution is -2.27. The molecule has 2 aromatic heterocycles. The minimum Gasteiger partial charge on any atom is -0.479 e. The van der Waals surface area contributed by atoms with Crippen LogP contribution in [-0.2, 0) is 6.54 Å². The first-order valence-electron chi connectivity index (χ1n) is 8.18. The fourth-order valence-corrected chi connectivity index (χ4v) is 3.04. The van der Waals surface area contributed by atoms with Gasteiger partial charge in [-0.15, -0.1) is 8.78 Å². The molecule has 1 aliphatic rings. The van der Waals surface area contributed by atoms with Gasteiger partial charge in [0, 0.05) is 17.5 Å². The number of anilines is 2. The molecule has 1 aliphatic heterocycles. The van der Waals surface area contributed by atoms with Crippen molar-refractivity contribution in [3.8, 4) is 17.4 Å². The van der Waals surface area contributed by atoms with E-state index in [1.165, 1.54) is 43.0 Å². The Morgan fingerprint density at radius 2 is 2.17 bits per heavy atom. The normalized spacial score (nSPS) is 13.8. The van der Waals surface area contributed by atoms with E-state index < -0.39 is 12.2 Å². The van der Waals surface area contributed by atoms with Crippen molar-refractivity contribution in [2.75, 3.05) is 12.4 Å². The number of para-hydroxylation sites is 1. The highest BCUT2D eigenvalue weighted by molar-refractivity contribution is 7.04. The van der Waals surface area contributed by atoms with Crippen LogP contribution in [0.5, 0.6) is 17.4 Å². The standard InChI is InChI=1S/C17H13F2N5O4S/c1-26-16-13(24-12(7-21-16)23-10-6-22-29-8-10)15(25)20-5-9-3-2-4-11-14(9)28-17(18,19)27-11/h2-4,6-8H,5H2,1H3,(H,20,25)(H,23,24). The molecule has 1 amide bonds. The highest BCUT2D eigenvalue weighted by atomic mass is 32.1. The van der Waals surface area contributed by atoms with Crippen LogP contribution in [-0.4, -0.2) is 33.7 Å². The zero-order valence-electron chi connectivity index (χ0n) is 14.8. The number of aromatic nitrogens is 3. The number of hydrogen-bond acceptors (Lipinski definition) is 9. The van der Waals surface area contributed by atoms with Crippen molar-refractivity contribution in [1.82, 2.24) is 19.7 Å². The van der Waals surface area contributed by atoms with Gasteiger partial charge in [-0.3, -0.25) is 4.79 Å². The average Bonchev–Trinajstić information content (AvgIpc) is 3.31. The van der Waals surface area contributed by atoms with Crippen LogP contribution >= 0.6 is 11.5 Å². The summed E-state index contributed by atoms with van der Waals surface area (Å²) in [5, 5.41) is 7.32. The number of amides is 1. The van der Waals surface area contributed by atoms with Crippen LogP contribution in [0.15, 0.2) is 36.0 Å². The van der Waals surface area contributed by atoms with Gasteiger partial charge in [0.25, 0.3) is 5.91 Å². The van der Waals surface area contributed by atoms with Gasteiger partial charge >= 0.3 is 6.29 Å². The molecule has 0 unspecified atom stereocenters. The molecule has 0 spiro atoms. The number of nitrogens with one attached hydrogen (secondary N) is 2. The smallest absolute Gasteiger partial charge is 0.479 e. The molecular weight excluding hydrogens is 408 g/mol. The lowest BCUT2D eigenvalue weighted by Gasteiger charge is -2.11. The minimum absolute atomic E-state index is 0.0147. The third-order valence-electron chi connectivity index (χ3n) is 3.80. The lowest BCUT2D eigenvalue weighted by molar-refractivity contribution is -0.286. The zero-order valence-corrected chi connectivity index (χ0v) is 15.6. The zero-order chi connectivity index (χ0) is 20.4. The van der Waals surface area contributed by atoms with Crippen LogP contribution in [0.4, 0.5) is 20.3 Å². The minimum atomic E-state index is -3.74. The fourth-order valence-electron chi connectivity index (χ4n) is 2.57. The van der Waals surface area contributed by atoms with Gasteiger partial charge < -0.3 is 24.8 Å². The van der Waals surface area contributed by atoms with E-state index >= 15 is 0 Å². The first kappa shape index (κ1) is 18.8. The summed E-state index contributed by atoms with van der Waals surface area (Å²) in [5.74, 6) is -0.510. The first-order chi connectivity index (χ1) is 13.9. The largest absolute Gasteiger partial charge is 0.586 e. The maximum Gasteiger partial charge on any atom is 0.586 e. The number of methoxy groups -OCH3 is 1. The second-order valence-corrected chi connectivity index (χ2v) is 6.40. The van der Waals surface area contributed by atoms with Crippen molar-refractivity contribution in [3.63, 3.8) is 0 Å². The third-order valence-corrected chi connectivity index (χ3v) is 4.39. The van der Waals surface area contributed by atoms with Gasteiger partial charge in [-0.1, -0.05) is 12.1 Å². The molecule has 3 heterocycles. The van der Waals surface area contributed by atoms with Crippen molar-refractivity contribution >= 4 is 28.9 Å². The summed E-state index contributed by atoms with van der Waals surface area (Å²) in [5.41, 5.74) is 0.938. The summed E-state index contributed by atoms with van der Waals surface area (Å²) >= 11 is 1.25. The summed E-state index contributed by atoms with van der Waals surface area (Å²) in [7, 11) is 1.36. The Balaban J connectivity index is 1.51. The highest BCUT2D eigenvalue weighted by Crippen LogP contribution is 2.43. The molecule has 0 saturated carbocycles. The van der Waals surface area contributed by atoms with Crippen LogP contribution in [0.3, 0.4) is 0 Å². The predicted octanol–water partition coefficient (Wildman–Crippen LogP) is 2.94. The lowest BCUT2D eigenvalue weighted by atomic mass is 10.2. The van der Waals surface area contributed by atoms with Crippen LogP contribution < -0.4 is 24.8 Å². The van der Waals surface area contributed by atoms with Gasteiger partial charge in [-0.25, -0.2) is 9.97 Å². The molecule has 0 saturated heterocycles. The van der Waals surface area contributed by atoms with Gasteiger partial charge in [0.2, 0.25) is 5.88 Å². The van der Waals surface area contributed by atoms with Crippen molar-refractivity contribution in [1.29, 1.82) is 0 Å². The summed E-state index contributed by atoms with van der Waals surface area (Å²) in [6.07, 6.45) is -0.734. The molecular formula is C17H13F2N5O4S. The van der Waals surface area contributed by atoms with E-state index in [0.29, 0.717) is 17.1 Å². The monoisotopic (exact) mass is 421 g/mol. The topological polar surface area (TPSA) is 107 Å². The Bertz CT molecular complexity index is 1050. The molecule has 3 aromatic rings. The molecule has 12 heteroatoms. The first-order valence-corrected chi connectivity index (χ1v) is 9.02. The molecule has 1 aromatic carbocycles. The molecule has 0 aliphatic carbocycles. The summed E-state index contributed by atoms with van der Waals surface area (Å²) in [4.78, 5) is 20.9. The molecule has 9 nitrogen and oxygen atoms in total. The van der Waals surface area contributed by atoms with E-state index in [1.54, 1.807) is 11.6 Å². The van der Waals surface area contributed by atoms with Crippen molar-refractivity contribution in [2.24, 2.45) is 0 Å². The van der Waals surface area contributed by atoms with E-state index in [0.717, 1.165) is 0 Å². The summed E-state index contributed by atoms with van der Waals surface area (Å²) in [6, 6.07) is 4.41. The van der Waals surface area contributed by atoms with E-state index in [4.69, 9.17) is 4.74 Å². The van der Waals surface area contributed by atoms with Gasteiger partial charge in [-0.05, 0) is 17.6 Å². The van der Waals surface area contributed by atoms with Crippen LogP contribution in [0.25, 0.3) is 0 Å². The number of carbonyl (C=O) groups is 1. The Hall–Kier alpha value is -3.54. The van der Waals surface area contributed by atoms with Crippen molar-refractivity contribution in [2.45, 2.75) is 12.8 Å². The molecule has 29 heavy (non-hydrogen) atoms. The second kappa shape index (κ2) is 7.47. The van der Waals surface area contributed by atoms with Gasteiger partial charge in [-0.2, -0.15) is 4.37 Å². The molecule has 150 valence electrons. The Morgan fingerprint density at radius 3 is 2.93 bits per heavy atom. The Kier molecular flexibility index (Phi) is 4.84. The summed E-state index contributed by atoms with van der Waals surface area (Å²) in [6.45, 7) is -0.0988. The quantitative estimate of drug-likeness (QED) is 0.626. The van der Waals surface area contributed by atoms with Gasteiger partial charge in [0.05, 0.1) is 25.2 Å². The van der Waals surface area contributed by atoms with E-state index in [9.17, 15) is 13.6 Å². The third kappa shape index (κ3) is 4.01. The molecule has 0 fully saturated rings. The number of hydrogen-bond donors (Lipinski definition) is 2. The number of carbonyl (C=O) groups excluding carboxylic acids is 1. The van der Waals surface area contributed by atoms with E-state index in [1.807, 2.05) is 0 Å². The number of ether oxygens (including phenoxy) is 3. The van der Waals surface area contributed by atoms with E-state index in [2.05, 4.69) is 34.4 Å². The number of benzene rings is 1. The molecule has 0 bridgehead atoms. The van der Waals surface area contributed by atoms with Crippen LogP contribution in [0.1, 0.15) is 16.1 Å². The molecule has 2 N–H and O–H groups in total. The highest BCUT2D eigenvalue weighted by Gasteiger charge is 2.44. The van der Waals surface area contributed by atoms with Crippen molar-refractivity contribution < 1.29 is 27.8 Å². The van der Waals surface area contributed by atoms with Gasteiger partial charge in [0.1, 0.15) is 5.82 Å². The molecule has 4 rings (SSSR count). The van der Waals surface area contributed by atoms with E-state index in [-0.39, 0.29) is 29.6 Å². The number of alkyl halides is 2. The number of fused-ring (bicyclic) bond motifs is 1. The number of rotatable bonds is 6. The molecule has 0 atom stereocenters. The van der Waals surface area contributed by atoms with Crippen LogP contribution in [0.2, 0.25) is 0 Å². The SMILES string of the molecule is COc1ncc(Nc2cnsc2)nc1C(=O)NCc1cccc2c1OC(F)(F)O2. The van der Waals surface area contributed by atoms with Crippen molar-refractivity contribution in [3.05, 3.63) is 47.2 Å². The predicted molar refractivity (Wildman–Crippen MR) is 97.8 cm³/mol. The second-order valence-electron chi connectivity index (χ2n) is 5.75. The average molecular weight is 421 g/mol. The Morgan fingerprint density at radius 1 is 1.31 bits per heavy atom. The maximum absolute atomic E-state index is 13.3. The van der Waals surface area contributed by atoms with Crippen LogP contribution in [0, 0.1) is 0 Å². The maximum atomic E-state index is 13.3. The number of nitrogens with zero attached hydrogens (tertiary/aromatic N) is 3. The Labute approximate surface area is 166 Å². The molecule has 0 radical (unpaired) electrons. The summed E-state index contributed by atoms with van der Waals surface area (Å²) < 4.78 is 44.6.